The van der Waals surface area contributed by atoms with E-state index >= 15 is 0 Å². The van der Waals surface area contributed by atoms with Gasteiger partial charge in [-0.25, -0.2) is 0 Å². The molecular formula is C24H24ClN5O4S. The van der Waals surface area contributed by atoms with E-state index < -0.39 is 5.91 Å². The summed E-state index contributed by atoms with van der Waals surface area (Å²) in [6.45, 7) is 5.86. The molecule has 35 heavy (non-hydrogen) atoms. The Bertz CT molecular complexity index is 1300. The highest BCUT2D eigenvalue weighted by Crippen LogP contribution is 2.36. The number of halogens is 1. The topological polar surface area (TPSA) is 114 Å². The van der Waals surface area contributed by atoms with Gasteiger partial charge in [0.05, 0.1) is 23.4 Å². The lowest BCUT2D eigenvalue weighted by atomic mass is 10.1. The lowest BCUT2D eigenvalue weighted by Gasteiger charge is -2.17. The zero-order valence-corrected chi connectivity index (χ0v) is 21.2. The Balaban J connectivity index is 1.49. The minimum Gasteiger partial charge on any atom is -0.496 e. The first-order valence-corrected chi connectivity index (χ1v) is 12.0. The van der Waals surface area contributed by atoms with Crippen LogP contribution in [-0.2, 0) is 9.59 Å². The molecule has 182 valence electrons. The van der Waals surface area contributed by atoms with Gasteiger partial charge in [-0.3, -0.25) is 19.7 Å². The van der Waals surface area contributed by atoms with Crippen molar-refractivity contribution in [2.45, 2.75) is 33.1 Å². The third-order valence-corrected chi connectivity index (χ3v) is 6.81. The quantitative estimate of drug-likeness (QED) is 0.500. The van der Waals surface area contributed by atoms with E-state index in [2.05, 4.69) is 26.9 Å². The number of aryl methyl sites for hydroxylation is 2. The molecule has 2 N–H and O–H groups in total. The second-order valence-corrected chi connectivity index (χ2v) is 9.78. The number of ether oxygens (including phenoxy) is 1. The molecule has 1 saturated heterocycles. The van der Waals surface area contributed by atoms with Crippen LogP contribution in [-0.4, -0.2) is 41.6 Å². The number of carbonyl (C=O) groups excluding carboxylic acids is 3. The van der Waals surface area contributed by atoms with E-state index in [-0.39, 0.29) is 34.1 Å². The van der Waals surface area contributed by atoms with Crippen LogP contribution in [0.15, 0.2) is 30.3 Å². The van der Waals surface area contributed by atoms with Crippen LogP contribution >= 0.6 is 22.9 Å². The van der Waals surface area contributed by atoms with Gasteiger partial charge in [-0.05, 0) is 43.2 Å². The summed E-state index contributed by atoms with van der Waals surface area (Å²) in [6.07, 6.45) is 0.323. The molecule has 9 nitrogen and oxygen atoms in total. The van der Waals surface area contributed by atoms with E-state index in [9.17, 15) is 14.4 Å². The number of methoxy groups -OCH3 is 1. The Labute approximate surface area is 211 Å². The lowest BCUT2D eigenvalue weighted by molar-refractivity contribution is -0.117. The fourth-order valence-electron chi connectivity index (χ4n) is 4.03. The van der Waals surface area contributed by atoms with Gasteiger partial charge in [0.25, 0.3) is 5.91 Å². The molecule has 2 aromatic carbocycles. The van der Waals surface area contributed by atoms with Crippen molar-refractivity contribution in [3.63, 3.8) is 0 Å². The highest BCUT2D eigenvalue weighted by atomic mass is 35.5. The molecule has 0 radical (unpaired) electrons. The Morgan fingerprint density at radius 3 is 2.49 bits per heavy atom. The van der Waals surface area contributed by atoms with Crippen LogP contribution in [0, 0.1) is 13.8 Å². The number of nitrogens with zero attached hydrogens (tertiary/aromatic N) is 3. The van der Waals surface area contributed by atoms with Crippen LogP contribution in [0.3, 0.4) is 0 Å². The van der Waals surface area contributed by atoms with Crippen molar-refractivity contribution in [1.82, 2.24) is 10.2 Å². The number of nitrogens with one attached hydrogen (secondary N) is 2. The number of carbonyl (C=O) groups is 3. The molecule has 1 fully saturated rings. The number of anilines is 3. The van der Waals surface area contributed by atoms with E-state index in [0.717, 1.165) is 16.8 Å². The minimum absolute atomic E-state index is 0.0272. The summed E-state index contributed by atoms with van der Waals surface area (Å²) in [7, 11) is 1.42. The van der Waals surface area contributed by atoms with Gasteiger partial charge in [0, 0.05) is 37.6 Å². The molecular weight excluding hydrogens is 490 g/mol. The average molecular weight is 514 g/mol. The van der Waals surface area contributed by atoms with Crippen LogP contribution in [0.25, 0.3) is 0 Å². The second kappa shape index (κ2) is 10.0. The van der Waals surface area contributed by atoms with Crippen molar-refractivity contribution in [3.8, 4) is 5.75 Å². The molecule has 1 aliphatic rings. The van der Waals surface area contributed by atoms with Crippen molar-refractivity contribution < 1.29 is 19.1 Å². The molecule has 1 atom stereocenters. The van der Waals surface area contributed by atoms with Gasteiger partial charge >= 0.3 is 0 Å². The maximum atomic E-state index is 12.9. The van der Waals surface area contributed by atoms with Crippen molar-refractivity contribution in [2.24, 2.45) is 0 Å². The summed E-state index contributed by atoms with van der Waals surface area (Å²) < 4.78 is 5.30. The molecule has 1 aliphatic heterocycles. The van der Waals surface area contributed by atoms with Crippen molar-refractivity contribution >= 4 is 57.2 Å². The summed E-state index contributed by atoms with van der Waals surface area (Å²) in [5.74, 6) is -0.632. The van der Waals surface area contributed by atoms with Crippen LogP contribution in [0.2, 0.25) is 5.02 Å². The first kappa shape index (κ1) is 24.6. The maximum absolute atomic E-state index is 12.9. The summed E-state index contributed by atoms with van der Waals surface area (Å²) in [4.78, 5) is 38.7. The van der Waals surface area contributed by atoms with E-state index in [4.69, 9.17) is 16.3 Å². The normalized spacial score (nSPS) is 15.3. The fraction of sp³-hybridized carbons (Fsp3) is 0.292. The summed E-state index contributed by atoms with van der Waals surface area (Å²) in [5.41, 5.74) is 3.58. The molecule has 3 aromatic rings. The number of benzene rings is 2. The molecule has 0 aliphatic carbocycles. The lowest BCUT2D eigenvalue weighted by Crippen LogP contribution is -2.24. The largest absolute Gasteiger partial charge is 0.496 e. The van der Waals surface area contributed by atoms with E-state index in [0.29, 0.717) is 28.8 Å². The molecule has 0 bridgehead atoms. The number of aromatic nitrogens is 2. The van der Waals surface area contributed by atoms with Gasteiger partial charge in [0.2, 0.25) is 16.9 Å². The van der Waals surface area contributed by atoms with Crippen LogP contribution in [0.1, 0.15) is 45.8 Å². The fourth-order valence-corrected chi connectivity index (χ4v) is 5.07. The first-order valence-electron chi connectivity index (χ1n) is 10.8. The average Bonchev–Trinajstić information content (AvgIpc) is 3.40. The molecule has 3 amide bonds. The molecule has 1 aromatic heterocycles. The third-order valence-electron chi connectivity index (χ3n) is 5.50. The van der Waals surface area contributed by atoms with E-state index in [1.54, 1.807) is 4.90 Å². The van der Waals surface area contributed by atoms with E-state index in [1.165, 1.54) is 37.5 Å². The molecule has 0 saturated carbocycles. The van der Waals surface area contributed by atoms with E-state index in [1.807, 2.05) is 26.0 Å². The third kappa shape index (κ3) is 5.44. The molecule has 4 rings (SSSR count). The standard InChI is InChI=1S/C24H24ClN5O4S/c1-12-5-13(2)7-16(6-12)30-11-15(8-21(30)32)23-28-29-24(35-23)27-22(33)17-9-18(25)19(26-14(3)31)10-20(17)34-4/h5-7,9-10,15H,8,11H2,1-4H3,(H,26,31)(H,27,29,33). The zero-order valence-electron chi connectivity index (χ0n) is 19.6. The molecule has 1 unspecified atom stereocenters. The SMILES string of the molecule is COc1cc(NC(C)=O)c(Cl)cc1C(=O)Nc1nnc(C2CC(=O)N(c3cc(C)cc(C)c3)C2)s1. The predicted octanol–water partition coefficient (Wildman–Crippen LogP) is 4.55. The van der Waals surface area contributed by atoms with Gasteiger partial charge in [0.1, 0.15) is 10.8 Å². The summed E-state index contributed by atoms with van der Waals surface area (Å²) in [5, 5.41) is 14.8. The highest BCUT2D eigenvalue weighted by Gasteiger charge is 2.34. The Morgan fingerprint density at radius 2 is 1.83 bits per heavy atom. The van der Waals surface area contributed by atoms with Gasteiger partial charge in [0.15, 0.2) is 0 Å². The molecule has 2 heterocycles. The monoisotopic (exact) mass is 513 g/mol. The van der Waals surface area contributed by atoms with Crippen molar-refractivity contribution in [3.05, 3.63) is 57.1 Å². The maximum Gasteiger partial charge on any atom is 0.261 e. The molecule has 11 heteroatoms. The van der Waals surface area contributed by atoms with Crippen molar-refractivity contribution in [1.29, 1.82) is 0 Å². The van der Waals surface area contributed by atoms with Crippen LogP contribution < -0.4 is 20.3 Å². The molecule has 0 spiro atoms. The van der Waals surface area contributed by atoms with Gasteiger partial charge in [-0.1, -0.05) is 29.0 Å². The number of amides is 3. The number of hydrogen-bond donors (Lipinski definition) is 2. The summed E-state index contributed by atoms with van der Waals surface area (Å²) in [6, 6.07) is 8.95. The first-order chi connectivity index (χ1) is 16.6. The Kier molecular flexibility index (Phi) is 7.04. The zero-order chi connectivity index (χ0) is 25.3. The minimum atomic E-state index is -0.486. The van der Waals surface area contributed by atoms with Gasteiger partial charge < -0.3 is 15.0 Å². The second-order valence-electron chi connectivity index (χ2n) is 8.36. The predicted molar refractivity (Wildman–Crippen MR) is 136 cm³/mol. The summed E-state index contributed by atoms with van der Waals surface area (Å²) >= 11 is 7.45. The highest BCUT2D eigenvalue weighted by molar-refractivity contribution is 7.15. The number of rotatable bonds is 6. The Hall–Kier alpha value is -3.50. The number of hydrogen-bond acceptors (Lipinski definition) is 7. The smallest absolute Gasteiger partial charge is 0.261 e. The van der Waals surface area contributed by atoms with Crippen LogP contribution in [0.5, 0.6) is 5.75 Å². The van der Waals surface area contributed by atoms with Crippen LogP contribution in [0.4, 0.5) is 16.5 Å². The van der Waals surface area contributed by atoms with Crippen molar-refractivity contribution in [2.75, 3.05) is 29.2 Å². The van der Waals surface area contributed by atoms with Gasteiger partial charge in [-0.2, -0.15) is 0 Å². The van der Waals surface area contributed by atoms with Gasteiger partial charge in [-0.15, -0.1) is 10.2 Å². The Morgan fingerprint density at radius 1 is 1.11 bits per heavy atom.